The lowest BCUT2D eigenvalue weighted by atomic mass is 9.79. The highest BCUT2D eigenvalue weighted by atomic mass is 35.5. The Hall–Kier alpha value is -0.570. The third kappa shape index (κ3) is 2.10. The molecule has 17 heavy (non-hydrogen) atoms. The van der Waals surface area contributed by atoms with Crippen LogP contribution in [0.4, 0.5) is 0 Å². The highest BCUT2D eigenvalue weighted by Gasteiger charge is 2.34. The molecule has 0 radical (unpaired) electrons. The standard InChI is InChI=1S/C13H20ClN3/c1-8-3-6-11(7-9(8)2)17-12(10-4-5-10)15-16-13(17)14/h8-11H,3-7H2,1-2H3. The number of rotatable bonds is 2. The Morgan fingerprint density at radius 3 is 2.47 bits per heavy atom. The fourth-order valence-corrected chi connectivity index (χ4v) is 3.26. The lowest BCUT2D eigenvalue weighted by molar-refractivity contribution is 0.208. The Kier molecular flexibility index (Phi) is 2.89. The van der Waals surface area contributed by atoms with Gasteiger partial charge in [-0.3, -0.25) is 4.57 Å². The van der Waals surface area contributed by atoms with Gasteiger partial charge in [0.15, 0.2) is 0 Å². The molecule has 2 fully saturated rings. The Bertz CT molecular complexity index is 411. The summed E-state index contributed by atoms with van der Waals surface area (Å²) in [6, 6.07) is 0.527. The minimum Gasteiger partial charge on any atom is -0.298 e. The van der Waals surface area contributed by atoms with Crippen LogP contribution in [-0.2, 0) is 0 Å². The van der Waals surface area contributed by atoms with Crippen molar-refractivity contribution in [2.75, 3.05) is 0 Å². The second-order valence-corrected chi connectivity index (χ2v) is 6.23. The van der Waals surface area contributed by atoms with Crippen LogP contribution in [-0.4, -0.2) is 14.8 Å². The number of halogens is 1. The van der Waals surface area contributed by atoms with Crippen molar-refractivity contribution in [1.29, 1.82) is 0 Å². The lowest BCUT2D eigenvalue weighted by Crippen LogP contribution is -2.24. The van der Waals surface area contributed by atoms with Crippen LogP contribution in [0.3, 0.4) is 0 Å². The molecule has 0 aliphatic heterocycles. The zero-order chi connectivity index (χ0) is 12.0. The van der Waals surface area contributed by atoms with E-state index in [1.54, 1.807) is 0 Å². The monoisotopic (exact) mass is 253 g/mol. The highest BCUT2D eigenvalue weighted by molar-refractivity contribution is 6.28. The predicted molar refractivity (Wildman–Crippen MR) is 68.2 cm³/mol. The molecule has 0 spiro atoms. The summed E-state index contributed by atoms with van der Waals surface area (Å²) < 4.78 is 2.22. The van der Waals surface area contributed by atoms with Gasteiger partial charge in [0.2, 0.25) is 5.28 Å². The molecule has 3 unspecified atom stereocenters. The fourth-order valence-electron chi connectivity index (χ4n) is 2.99. The van der Waals surface area contributed by atoms with E-state index in [4.69, 9.17) is 11.6 Å². The molecule has 3 nitrogen and oxygen atoms in total. The van der Waals surface area contributed by atoms with Crippen LogP contribution >= 0.6 is 11.6 Å². The zero-order valence-corrected chi connectivity index (χ0v) is 11.3. The van der Waals surface area contributed by atoms with E-state index in [-0.39, 0.29) is 0 Å². The fraction of sp³-hybridized carbons (Fsp3) is 0.846. The SMILES string of the molecule is CC1CCC(n2c(Cl)nnc2C2CC2)CC1C. The van der Waals surface area contributed by atoms with Crippen LogP contribution in [0.2, 0.25) is 5.28 Å². The molecule has 94 valence electrons. The molecule has 2 aliphatic rings. The summed E-state index contributed by atoms with van der Waals surface area (Å²) in [6.45, 7) is 4.71. The van der Waals surface area contributed by atoms with E-state index in [0.717, 1.165) is 17.7 Å². The van der Waals surface area contributed by atoms with E-state index in [1.165, 1.54) is 32.1 Å². The van der Waals surface area contributed by atoms with E-state index in [1.807, 2.05) is 0 Å². The average molecular weight is 254 g/mol. The predicted octanol–water partition coefficient (Wildman–Crippen LogP) is 3.81. The maximum atomic E-state index is 6.22. The van der Waals surface area contributed by atoms with Crippen molar-refractivity contribution in [3.05, 3.63) is 11.1 Å². The smallest absolute Gasteiger partial charge is 0.225 e. The van der Waals surface area contributed by atoms with Gasteiger partial charge in [-0.25, -0.2) is 0 Å². The molecule has 3 atom stereocenters. The average Bonchev–Trinajstić information content (AvgIpc) is 3.07. The minimum absolute atomic E-state index is 0.527. The first-order valence-corrected chi connectivity index (χ1v) is 7.15. The van der Waals surface area contributed by atoms with Crippen LogP contribution in [0.1, 0.15) is 63.7 Å². The van der Waals surface area contributed by atoms with Crippen molar-refractivity contribution >= 4 is 11.6 Å². The van der Waals surface area contributed by atoms with Gasteiger partial charge in [-0.1, -0.05) is 13.8 Å². The van der Waals surface area contributed by atoms with Gasteiger partial charge in [0, 0.05) is 12.0 Å². The van der Waals surface area contributed by atoms with Crippen LogP contribution < -0.4 is 0 Å². The third-order valence-electron chi connectivity index (χ3n) is 4.56. The molecule has 0 aromatic carbocycles. The summed E-state index contributed by atoms with van der Waals surface area (Å²) >= 11 is 6.22. The quantitative estimate of drug-likeness (QED) is 0.803. The van der Waals surface area contributed by atoms with E-state index in [2.05, 4.69) is 28.6 Å². The molecule has 1 aromatic rings. The second kappa shape index (κ2) is 4.27. The summed E-state index contributed by atoms with van der Waals surface area (Å²) in [5.41, 5.74) is 0. The Balaban J connectivity index is 1.85. The van der Waals surface area contributed by atoms with Gasteiger partial charge in [-0.2, -0.15) is 0 Å². The molecule has 1 aromatic heterocycles. The first-order chi connectivity index (χ1) is 8.16. The molecule has 2 aliphatic carbocycles. The Labute approximate surface area is 108 Å². The maximum Gasteiger partial charge on any atom is 0.225 e. The summed E-state index contributed by atoms with van der Waals surface area (Å²) in [4.78, 5) is 0. The van der Waals surface area contributed by atoms with Crippen molar-refractivity contribution in [3.63, 3.8) is 0 Å². The maximum absolute atomic E-state index is 6.22. The van der Waals surface area contributed by atoms with Crippen molar-refractivity contribution < 1.29 is 0 Å². The van der Waals surface area contributed by atoms with E-state index < -0.39 is 0 Å². The summed E-state index contributed by atoms with van der Waals surface area (Å²) in [7, 11) is 0. The normalized spacial score (nSPS) is 33.9. The summed E-state index contributed by atoms with van der Waals surface area (Å²) in [6.07, 6.45) is 6.26. The number of hydrogen-bond acceptors (Lipinski definition) is 2. The van der Waals surface area contributed by atoms with Crippen molar-refractivity contribution in [3.8, 4) is 0 Å². The third-order valence-corrected chi connectivity index (χ3v) is 4.82. The molecular formula is C13H20ClN3. The topological polar surface area (TPSA) is 30.7 Å². The highest BCUT2D eigenvalue weighted by Crippen LogP contribution is 2.44. The van der Waals surface area contributed by atoms with Gasteiger partial charge in [0.25, 0.3) is 0 Å². The number of nitrogens with zero attached hydrogens (tertiary/aromatic N) is 3. The van der Waals surface area contributed by atoms with Crippen molar-refractivity contribution in [2.45, 2.75) is 57.9 Å². The second-order valence-electron chi connectivity index (χ2n) is 5.89. The number of hydrogen-bond donors (Lipinski definition) is 0. The van der Waals surface area contributed by atoms with Gasteiger partial charge in [-0.05, 0) is 55.5 Å². The minimum atomic E-state index is 0.527. The van der Waals surface area contributed by atoms with Gasteiger partial charge < -0.3 is 0 Å². The van der Waals surface area contributed by atoms with E-state index in [9.17, 15) is 0 Å². The molecule has 2 saturated carbocycles. The van der Waals surface area contributed by atoms with Crippen molar-refractivity contribution in [2.24, 2.45) is 11.8 Å². The van der Waals surface area contributed by atoms with Crippen LogP contribution in [0.5, 0.6) is 0 Å². The van der Waals surface area contributed by atoms with Crippen LogP contribution in [0, 0.1) is 11.8 Å². The first kappa shape index (κ1) is 11.5. The molecule has 0 N–H and O–H groups in total. The lowest BCUT2D eigenvalue weighted by Gasteiger charge is -2.33. The molecular weight excluding hydrogens is 234 g/mol. The van der Waals surface area contributed by atoms with Gasteiger partial charge in [-0.15, -0.1) is 10.2 Å². The van der Waals surface area contributed by atoms with E-state index in [0.29, 0.717) is 17.2 Å². The summed E-state index contributed by atoms with van der Waals surface area (Å²) in [5, 5.41) is 8.95. The largest absolute Gasteiger partial charge is 0.298 e. The van der Waals surface area contributed by atoms with Crippen LogP contribution in [0.15, 0.2) is 0 Å². The molecule has 1 heterocycles. The molecule has 0 amide bonds. The Morgan fingerprint density at radius 2 is 1.82 bits per heavy atom. The Morgan fingerprint density at radius 1 is 1.06 bits per heavy atom. The zero-order valence-electron chi connectivity index (χ0n) is 10.6. The molecule has 0 saturated heterocycles. The van der Waals surface area contributed by atoms with Crippen LogP contribution in [0.25, 0.3) is 0 Å². The number of aromatic nitrogens is 3. The first-order valence-electron chi connectivity index (χ1n) is 6.77. The molecule has 4 heteroatoms. The van der Waals surface area contributed by atoms with Crippen molar-refractivity contribution in [1.82, 2.24) is 14.8 Å². The molecule has 0 bridgehead atoms. The van der Waals surface area contributed by atoms with Gasteiger partial charge in [0.05, 0.1) is 0 Å². The van der Waals surface area contributed by atoms with Gasteiger partial charge >= 0.3 is 0 Å². The summed E-state index contributed by atoms with van der Waals surface area (Å²) in [5.74, 6) is 3.39. The van der Waals surface area contributed by atoms with E-state index >= 15 is 0 Å². The molecule has 3 rings (SSSR count). The van der Waals surface area contributed by atoms with Gasteiger partial charge in [0.1, 0.15) is 5.82 Å².